The van der Waals surface area contributed by atoms with Gasteiger partial charge in [0.1, 0.15) is 4.88 Å². The van der Waals surface area contributed by atoms with Crippen LogP contribution in [-0.2, 0) is 0 Å². The van der Waals surface area contributed by atoms with Crippen LogP contribution in [-0.4, -0.2) is 11.1 Å². The number of rotatable bonds is 2. The Morgan fingerprint density at radius 1 is 1.38 bits per heavy atom. The number of thiophene rings is 1. The highest BCUT2D eigenvalue weighted by Gasteiger charge is 2.14. The lowest BCUT2D eigenvalue weighted by Gasteiger charge is -1.99. The van der Waals surface area contributed by atoms with Crippen LogP contribution in [0.3, 0.4) is 0 Å². The van der Waals surface area contributed by atoms with E-state index in [1.807, 2.05) is 24.3 Å². The first kappa shape index (κ1) is 11.2. The second-order valence-corrected chi connectivity index (χ2v) is 5.09. The van der Waals surface area contributed by atoms with E-state index in [2.05, 4.69) is 15.9 Å². The van der Waals surface area contributed by atoms with Crippen molar-refractivity contribution >= 4 is 38.9 Å². The summed E-state index contributed by atoms with van der Waals surface area (Å²) < 4.78 is 0.924. The third kappa shape index (κ3) is 1.96. The van der Waals surface area contributed by atoms with Crippen molar-refractivity contribution in [1.82, 2.24) is 0 Å². The molecule has 1 aromatic carbocycles. The molecule has 2 aromatic rings. The van der Waals surface area contributed by atoms with Gasteiger partial charge in [0.25, 0.3) is 0 Å². The van der Waals surface area contributed by atoms with E-state index in [9.17, 15) is 4.79 Å². The van der Waals surface area contributed by atoms with Crippen LogP contribution in [0.15, 0.2) is 34.8 Å². The fourth-order valence-corrected chi connectivity index (χ4v) is 2.95. The molecule has 5 heteroatoms. The van der Waals surface area contributed by atoms with Crippen LogP contribution in [0.25, 0.3) is 10.4 Å². The van der Waals surface area contributed by atoms with E-state index in [1.54, 1.807) is 6.07 Å². The van der Waals surface area contributed by atoms with E-state index in [4.69, 9.17) is 10.8 Å². The van der Waals surface area contributed by atoms with Crippen LogP contribution in [0.5, 0.6) is 0 Å². The van der Waals surface area contributed by atoms with Crippen LogP contribution in [0.2, 0.25) is 0 Å². The number of benzene rings is 1. The molecule has 0 saturated carbocycles. The Hall–Kier alpha value is -1.33. The number of anilines is 1. The highest BCUT2D eigenvalue weighted by molar-refractivity contribution is 9.10. The normalized spacial score (nSPS) is 10.3. The number of carboxylic acid groups (broad SMARTS) is 1. The van der Waals surface area contributed by atoms with E-state index < -0.39 is 5.97 Å². The maximum absolute atomic E-state index is 10.9. The van der Waals surface area contributed by atoms with Crippen LogP contribution in [0.1, 0.15) is 9.67 Å². The van der Waals surface area contributed by atoms with E-state index in [1.165, 1.54) is 11.3 Å². The molecule has 1 heterocycles. The van der Waals surface area contributed by atoms with Gasteiger partial charge in [-0.1, -0.05) is 34.1 Å². The van der Waals surface area contributed by atoms with Gasteiger partial charge in [0.15, 0.2) is 0 Å². The first-order chi connectivity index (χ1) is 7.59. The Labute approximate surface area is 105 Å². The molecular weight excluding hydrogens is 290 g/mol. The number of halogens is 1. The first-order valence-electron chi connectivity index (χ1n) is 4.47. The van der Waals surface area contributed by atoms with Crippen LogP contribution in [0, 0.1) is 0 Å². The molecule has 3 nitrogen and oxygen atoms in total. The topological polar surface area (TPSA) is 63.3 Å². The molecule has 0 aliphatic heterocycles. The molecule has 0 atom stereocenters. The van der Waals surface area contributed by atoms with Gasteiger partial charge in [0.05, 0.1) is 5.69 Å². The van der Waals surface area contributed by atoms with Crippen molar-refractivity contribution in [3.63, 3.8) is 0 Å². The molecular formula is C11H8BrNO2S. The zero-order valence-corrected chi connectivity index (χ0v) is 10.5. The Morgan fingerprint density at radius 3 is 2.62 bits per heavy atom. The molecule has 0 bridgehead atoms. The van der Waals surface area contributed by atoms with Crippen molar-refractivity contribution in [2.24, 2.45) is 0 Å². The lowest BCUT2D eigenvalue weighted by Crippen LogP contribution is -1.96. The zero-order valence-electron chi connectivity index (χ0n) is 8.11. The van der Waals surface area contributed by atoms with Crippen molar-refractivity contribution in [2.75, 3.05) is 5.73 Å². The van der Waals surface area contributed by atoms with Crippen molar-refractivity contribution < 1.29 is 9.90 Å². The van der Waals surface area contributed by atoms with Gasteiger partial charge < -0.3 is 10.8 Å². The molecule has 0 unspecified atom stereocenters. The molecule has 1 aromatic heterocycles. The van der Waals surface area contributed by atoms with Gasteiger partial charge in [0, 0.05) is 14.9 Å². The van der Waals surface area contributed by atoms with Gasteiger partial charge in [-0.3, -0.25) is 0 Å². The molecule has 0 saturated heterocycles. The molecule has 16 heavy (non-hydrogen) atoms. The Morgan fingerprint density at radius 2 is 2.06 bits per heavy atom. The number of hydrogen-bond acceptors (Lipinski definition) is 3. The molecule has 2 rings (SSSR count). The quantitative estimate of drug-likeness (QED) is 0.892. The fourth-order valence-electron chi connectivity index (χ4n) is 1.37. The summed E-state index contributed by atoms with van der Waals surface area (Å²) in [5, 5.41) is 8.91. The number of nitrogen functional groups attached to an aromatic ring is 1. The Kier molecular flexibility index (Phi) is 2.98. The molecule has 0 aliphatic rings. The predicted octanol–water partition coefficient (Wildman–Crippen LogP) is 3.46. The SMILES string of the molecule is Nc1cc(-c2ccccc2Br)sc1C(=O)O. The summed E-state index contributed by atoms with van der Waals surface area (Å²) in [6, 6.07) is 9.32. The second kappa shape index (κ2) is 4.27. The lowest BCUT2D eigenvalue weighted by atomic mass is 10.2. The highest BCUT2D eigenvalue weighted by Crippen LogP contribution is 2.36. The van der Waals surface area contributed by atoms with Gasteiger partial charge in [-0.2, -0.15) is 0 Å². The summed E-state index contributed by atoms with van der Waals surface area (Å²) >= 11 is 4.60. The fraction of sp³-hybridized carbons (Fsp3) is 0. The van der Waals surface area contributed by atoms with Gasteiger partial charge in [0.2, 0.25) is 0 Å². The summed E-state index contributed by atoms with van der Waals surface area (Å²) in [5.74, 6) is -0.985. The zero-order chi connectivity index (χ0) is 11.7. The predicted molar refractivity (Wildman–Crippen MR) is 68.8 cm³/mol. The van der Waals surface area contributed by atoms with Gasteiger partial charge in [-0.25, -0.2) is 4.79 Å². The third-order valence-electron chi connectivity index (χ3n) is 2.09. The van der Waals surface area contributed by atoms with Gasteiger partial charge >= 0.3 is 5.97 Å². The van der Waals surface area contributed by atoms with Crippen molar-refractivity contribution in [3.8, 4) is 10.4 Å². The van der Waals surface area contributed by atoms with Crippen LogP contribution < -0.4 is 5.73 Å². The van der Waals surface area contributed by atoms with Crippen LogP contribution in [0.4, 0.5) is 5.69 Å². The standard InChI is InChI=1S/C11H8BrNO2S/c12-7-4-2-1-3-6(7)9-5-8(13)10(16-9)11(14)15/h1-5H,13H2,(H,14,15). The Bertz CT molecular complexity index is 551. The highest BCUT2D eigenvalue weighted by atomic mass is 79.9. The second-order valence-electron chi connectivity index (χ2n) is 3.18. The smallest absolute Gasteiger partial charge is 0.348 e. The van der Waals surface area contributed by atoms with Crippen molar-refractivity contribution in [2.45, 2.75) is 0 Å². The number of carboxylic acids is 1. The maximum Gasteiger partial charge on any atom is 0.348 e. The number of nitrogens with two attached hydrogens (primary N) is 1. The maximum atomic E-state index is 10.9. The number of carbonyl (C=O) groups is 1. The minimum Gasteiger partial charge on any atom is -0.477 e. The lowest BCUT2D eigenvalue weighted by molar-refractivity contribution is 0.0703. The average molecular weight is 298 g/mol. The first-order valence-corrected chi connectivity index (χ1v) is 6.08. The molecule has 82 valence electrons. The van der Waals surface area contributed by atoms with E-state index >= 15 is 0 Å². The molecule has 0 amide bonds. The van der Waals surface area contributed by atoms with Crippen LogP contribution >= 0.6 is 27.3 Å². The van der Waals surface area contributed by atoms with E-state index in [0.717, 1.165) is 14.9 Å². The molecule has 0 aliphatic carbocycles. The molecule has 0 fully saturated rings. The number of aromatic carboxylic acids is 1. The third-order valence-corrected chi connectivity index (χ3v) is 3.96. The summed E-state index contributed by atoms with van der Waals surface area (Å²) in [5.41, 5.74) is 6.90. The minimum absolute atomic E-state index is 0.186. The Balaban J connectivity index is 2.54. The summed E-state index contributed by atoms with van der Waals surface area (Å²) in [7, 11) is 0. The summed E-state index contributed by atoms with van der Waals surface area (Å²) in [6.45, 7) is 0. The monoisotopic (exact) mass is 297 g/mol. The van der Waals surface area contributed by atoms with Crippen molar-refractivity contribution in [1.29, 1.82) is 0 Å². The molecule has 0 spiro atoms. The van der Waals surface area contributed by atoms with E-state index in [0.29, 0.717) is 5.69 Å². The average Bonchev–Trinajstić information content (AvgIpc) is 2.61. The summed E-state index contributed by atoms with van der Waals surface area (Å²) in [4.78, 5) is 11.9. The van der Waals surface area contributed by atoms with E-state index in [-0.39, 0.29) is 4.88 Å². The van der Waals surface area contributed by atoms with Gasteiger partial charge in [-0.15, -0.1) is 11.3 Å². The molecule has 3 N–H and O–H groups in total. The molecule has 0 radical (unpaired) electrons. The summed E-state index contributed by atoms with van der Waals surface area (Å²) in [6.07, 6.45) is 0. The van der Waals surface area contributed by atoms with Crippen molar-refractivity contribution in [3.05, 3.63) is 39.7 Å². The number of hydrogen-bond donors (Lipinski definition) is 2. The minimum atomic E-state index is -0.985. The largest absolute Gasteiger partial charge is 0.477 e. The van der Waals surface area contributed by atoms with Gasteiger partial charge in [-0.05, 0) is 12.1 Å².